The fourth-order valence-corrected chi connectivity index (χ4v) is 2.24. The molecule has 0 bridgehead atoms. The van der Waals surface area contributed by atoms with E-state index in [0.29, 0.717) is 24.4 Å². The topological polar surface area (TPSA) is 106 Å². The molecule has 0 fully saturated rings. The van der Waals surface area contributed by atoms with E-state index in [1.54, 1.807) is 24.3 Å². The van der Waals surface area contributed by atoms with Crippen LogP contribution in [0.1, 0.15) is 32.6 Å². The van der Waals surface area contributed by atoms with E-state index in [0.717, 1.165) is 6.42 Å². The van der Waals surface area contributed by atoms with E-state index >= 15 is 0 Å². The fraction of sp³-hybridized carbons (Fsp3) is 0.444. The lowest BCUT2D eigenvalue weighted by Crippen LogP contribution is -2.34. The highest BCUT2D eigenvalue weighted by Crippen LogP contribution is 2.15. The molecule has 0 saturated heterocycles. The van der Waals surface area contributed by atoms with E-state index in [-0.39, 0.29) is 30.5 Å². The number of carbonyl (C=O) groups is 3. The zero-order valence-corrected chi connectivity index (χ0v) is 16.3. The molecule has 0 unspecified atom stereocenters. The van der Waals surface area contributed by atoms with Gasteiger partial charge in [0.05, 0.1) is 13.0 Å². The van der Waals surface area contributed by atoms with Crippen LogP contribution in [0.5, 0.6) is 0 Å². The standard InChI is InChI=1S/C18H25N3O5S/c1-3-5-15(22)19-13-6-4-7-14(12-13)20-18(27)21-16(23)8-9-17(24)26-11-10-25-2/h4,6-7,12H,3,5,8-11H2,1-2H3,(H,19,22)(H2,20,21,23,27). The van der Waals surface area contributed by atoms with Crippen molar-refractivity contribution in [3.05, 3.63) is 24.3 Å². The van der Waals surface area contributed by atoms with Crippen LogP contribution in [0.25, 0.3) is 0 Å². The number of anilines is 2. The lowest BCUT2D eigenvalue weighted by atomic mass is 10.2. The molecule has 1 rings (SSSR count). The molecule has 0 saturated carbocycles. The molecule has 0 heterocycles. The van der Waals surface area contributed by atoms with E-state index in [1.807, 2.05) is 6.92 Å². The molecule has 2 amide bonds. The predicted octanol–water partition coefficient (Wildman–Crippen LogP) is 2.21. The van der Waals surface area contributed by atoms with Crippen LogP contribution in [0.2, 0.25) is 0 Å². The van der Waals surface area contributed by atoms with Gasteiger partial charge in [-0.2, -0.15) is 0 Å². The highest BCUT2D eigenvalue weighted by atomic mass is 32.1. The molecule has 27 heavy (non-hydrogen) atoms. The quantitative estimate of drug-likeness (QED) is 0.317. The average molecular weight is 395 g/mol. The number of rotatable bonds is 10. The third-order valence-electron chi connectivity index (χ3n) is 3.24. The van der Waals surface area contributed by atoms with Gasteiger partial charge in [-0.05, 0) is 36.8 Å². The van der Waals surface area contributed by atoms with E-state index in [2.05, 4.69) is 16.0 Å². The van der Waals surface area contributed by atoms with Crippen molar-refractivity contribution >= 4 is 46.5 Å². The van der Waals surface area contributed by atoms with Crippen molar-refractivity contribution in [2.75, 3.05) is 31.0 Å². The number of carbonyl (C=O) groups excluding carboxylic acids is 3. The van der Waals surface area contributed by atoms with Gasteiger partial charge in [0.25, 0.3) is 0 Å². The van der Waals surface area contributed by atoms with Crippen LogP contribution in [-0.4, -0.2) is 43.2 Å². The predicted molar refractivity (Wildman–Crippen MR) is 106 cm³/mol. The molecular formula is C18H25N3O5S. The molecule has 3 N–H and O–H groups in total. The Morgan fingerprint density at radius 1 is 1.00 bits per heavy atom. The van der Waals surface area contributed by atoms with Gasteiger partial charge in [0, 0.05) is 31.3 Å². The SMILES string of the molecule is CCCC(=O)Nc1cccc(NC(=S)NC(=O)CCC(=O)OCCOC)c1. The average Bonchev–Trinajstić information content (AvgIpc) is 2.60. The van der Waals surface area contributed by atoms with Gasteiger partial charge in [-0.3, -0.25) is 14.4 Å². The summed E-state index contributed by atoms with van der Waals surface area (Å²) in [6.45, 7) is 2.39. The van der Waals surface area contributed by atoms with Gasteiger partial charge in [0.1, 0.15) is 6.61 Å². The number of hydrogen-bond acceptors (Lipinski definition) is 6. The highest BCUT2D eigenvalue weighted by Gasteiger charge is 2.10. The summed E-state index contributed by atoms with van der Waals surface area (Å²) in [5.74, 6) is -0.942. The number of nitrogens with one attached hydrogen (secondary N) is 3. The number of esters is 1. The summed E-state index contributed by atoms with van der Waals surface area (Å²) in [6.07, 6.45) is 1.12. The lowest BCUT2D eigenvalue weighted by molar-refractivity contribution is -0.146. The largest absolute Gasteiger partial charge is 0.463 e. The van der Waals surface area contributed by atoms with E-state index in [4.69, 9.17) is 21.7 Å². The number of ether oxygens (including phenoxy) is 2. The molecule has 0 aromatic heterocycles. The fourth-order valence-electron chi connectivity index (χ4n) is 2.00. The molecule has 0 spiro atoms. The second-order valence-electron chi connectivity index (χ2n) is 5.59. The Balaban J connectivity index is 2.40. The summed E-state index contributed by atoms with van der Waals surface area (Å²) in [5, 5.41) is 8.24. The number of benzene rings is 1. The molecule has 0 atom stereocenters. The third kappa shape index (κ3) is 10.3. The number of thiocarbonyl (C=S) groups is 1. The molecule has 0 aliphatic rings. The first-order valence-electron chi connectivity index (χ1n) is 8.60. The molecular weight excluding hydrogens is 370 g/mol. The van der Waals surface area contributed by atoms with Crippen LogP contribution >= 0.6 is 12.2 Å². The Morgan fingerprint density at radius 2 is 1.70 bits per heavy atom. The molecule has 0 aliphatic carbocycles. The minimum absolute atomic E-state index is 0.0409. The van der Waals surface area contributed by atoms with Crippen LogP contribution in [0.15, 0.2) is 24.3 Å². The van der Waals surface area contributed by atoms with Gasteiger partial charge in [-0.25, -0.2) is 0 Å². The first kappa shape index (κ1) is 22.5. The first-order chi connectivity index (χ1) is 12.9. The normalized spacial score (nSPS) is 10.0. The molecule has 148 valence electrons. The van der Waals surface area contributed by atoms with Crippen molar-refractivity contribution in [3.8, 4) is 0 Å². The number of methoxy groups -OCH3 is 1. The summed E-state index contributed by atoms with van der Waals surface area (Å²) >= 11 is 5.09. The van der Waals surface area contributed by atoms with Crippen LogP contribution in [0.3, 0.4) is 0 Å². The smallest absolute Gasteiger partial charge is 0.306 e. The van der Waals surface area contributed by atoms with Gasteiger partial charge >= 0.3 is 5.97 Å². The number of amides is 2. The Morgan fingerprint density at radius 3 is 2.37 bits per heavy atom. The van der Waals surface area contributed by atoms with E-state index in [1.165, 1.54) is 7.11 Å². The second-order valence-corrected chi connectivity index (χ2v) is 6.00. The van der Waals surface area contributed by atoms with E-state index < -0.39 is 11.9 Å². The Bertz CT molecular complexity index is 666. The zero-order valence-electron chi connectivity index (χ0n) is 15.5. The monoisotopic (exact) mass is 395 g/mol. The molecule has 1 aromatic carbocycles. The maximum absolute atomic E-state index is 11.8. The van der Waals surface area contributed by atoms with Crippen molar-refractivity contribution < 1.29 is 23.9 Å². The molecule has 1 aromatic rings. The van der Waals surface area contributed by atoms with Gasteiger partial charge in [0.2, 0.25) is 11.8 Å². The molecule has 0 aliphatic heterocycles. The van der Waals surface area contributed by atoms with Crippen molar-refractivity contribution in [2.45, 2.75) is 32.6 Å². The molecule has 8 nitrogen and oxygen atoms in total. The summed E-state index contributed by atoms with van der Waals surface area (Å²) < 4.78 is 9.63. The van der Waals surface area contributed by atoms with Crippen molar-refractivity contribution in [1.82, 2.24) is 5.32 Å². The van der Waals surface area contributed by atoms with Crippen LogP contribution in [-0.2, 0) is 23.9 Å². The van der Waals surface area contributed by atoms with Gasteiger partial charge in [-0.1, -0.05) is 13.0 Å². The Labute approximate surface area is 164 Å². The van der Waals surface area contributed by atoms with Crippen LogP contribution in [0.4, 0.5) is 11.4 Å². The van der Waals surface area contributed by atoms with Gasteiger partial charge in [0.15, 0.2) is 5.11 Å². The van der Waals surface area contributed by atoms with Gasteiger partial charge in [-0.15, -0.1) is 0 Å². The highest BCUT2D eigenvalue weighted by molar-refractivity contribution is 7.80. The van der Waals surface area contributed by atoms with Crippen LogP contribution < -0.4 is 16.0 Å². The summed E-state index contributed by atoms with van der Waals surface area (Å²) in [6, 6.07) is 6.97. The lowest BCUT2D eigenvalue weighted by Gasteiger charge is -2.11. The summed E-state index contributed by atoms with van der Waals surface area (Å²) in [7, 11) is 1.50. The van der Waals surface area contributed by atoms with Crippen molar-refractivity contribution in [2.24, 2.45) is 0 Å². The number of hydrogen-bond donors (Lipinski definition) is 3. The first-order valence-corrected chi connectivity index (χ1v) is 9.00. The van der Waals surface area contributed by atoms with Crippen molar-refractivity contribution in [3.63, 3.8) is 0 Å². The van der Waals surface area contributed by atoms with Crippen molar-refractivity contribution in [1.29, 1.82) is 0 Å². The molecule has 9 heteroatoms. The third-order valence-corrected chi connectivity index (χ3v) is 3.45. The summed E-state index contributed by atoms with van der Waals surface area (Å²) in [4.78, 5) is 34.9. The molecule has 0 radical (unpaired) electrons. The summed E-state index contributed by atoms with van der Waals surface area (Å²) in [5.41, 5.74) is 1.25. The maximum Gasteiger partial charge on any atom is 0.306 e. The minimum Gasteiger partial charge on any atom is -0.463 e. The second kappa shape index (κ2) is 12.8. The Kier molecular flexibility index (Phi) is 10.7. The van der Waals surface area contributed by atoms with Gasteiger partial charge < -0.3 is 25.4 Å². The Hall–Kier alpha value is -2.52. The van der Waals surface area contributed by atoms with E-state index in [9.17, 15) is 14.4 Å². The minimum atomic E-state index is -0.475. The zero-order chi connectivity index (χ0) is 20.1. The van der Waals surface area contributed by atoms with Crippen LogP contribution in [0, 0.1) is 0 Å². The maximum atomic E-state index is 11.8.